The van der Waals surface area contributed by atoms with Crippen molar-refractivity contribution in [1.82, 2.24) is 9.88 Å². The van der Waals surface area contributed by atoms with E-state index in [2.05, 4.69) is 9.88 Å². The van der Waals surface area contributed by atoms with Crippen molar-refractivity contribution in [1.29, 1.82) is 0 Å². The minimum Gasteiger partial charge on any atom is -0.377 e. The van der Waals surface area contributed by atoms with E-state index in [1.165, 1.54) is 63.7 Å². The number of nitrogens with zero attached hydrogens (tertiary/aromatic N) is 2. The first-order valence-electron chi connectivity index (χ1n) is 10.2. The van der Waals surface area contributed by atoms with E-state index in [9.17, 15) is 0 Å². The Hall–Kier alpha value is -0.970. The Morgan fingerprint density at radius 2 is 1.96 bits per heavy atom. The van der Waals surface area contributed by atoms with Crippen molar-refractivity contribution < 1.29 is 9.47 Å². The van der Waals surface area contributed by atoms with Crippen LogP contribution in [0.5, 0.6) is 0 Å². The second-order valence-electron chi connectivity index (χ2n) is 8.19. The number of aromatic nitrogens is 1. The summed E-state index contributed by atoms with van der Waals surface area (Å²) in [6, 6.07) is 4.05. The molecule has 2 aliphatic heterocycles. The monoisotopic (exact) mass is 344 g/mol. The van der Waals surface area contributed by atoms with Gasteiger partial charge in [0.15, 0.2) is 0 Å². The summed E-state index contributed by atoms with van der Waals surface area (Å²) in [6.07, 6.45) is 12.8. The highest BCUT2D eigenvalue weighted by Crippen LogP contribution is 2.42. The first kappa shape index (κ1) is 17.4. The van der Waals surface area contributed by atoms with Crippen LogP contribution in [0, 0.1) is 11.8 Å². The zero-order valence-corrected chi connectivity index (χ0v) is 15.4. The minimum absolute atomic E-state index is 0.149. The molecule has 1 aromatic heterocycles. The summed E-state index contributed by atoms with van der Waals surface area (Å²) >= 11 is 0. The van der Waals surface area contributed by atoms with Crippen molar-refractivity contribution in [3.05, 3.63) is 30.1 Å². The van der Waals surface area contributed by atoms with Gasteiger partial charge >= 0.3 is 0 Å². The van der Waals surface area contributed by atoms with Crippen LogP contribution < -0.4 is 0 Å². The van der Waals surface area contributed by atoms with E-state index in [0.717, 1.165) is 25.6 Å². The van der Waals surface area contributed by atoms with Crippen LogP contribution in [0.25, 0.3) is 0 Å². The number of ether oxygens (including phenoxy) is 2. The first-order valence-corrected chi connectivity index (χ1v) is 10.2. The molecule has 3 heterocycles. The minimum atomic E-state index is 0.149. The van der Waals surface area contributed by atoms with Crippen LogP contribution in [0.1, 0.15) is 50.5 Å². The van der Waals surface area contributed by atoms with Gasteiger partial charge in [-0.3, -0.25) is 4.98 Å². The summed E-state index contributed by atoms with van der Waals surface area (Å²) in [5.74, 6) is 1.66. The molecule has 3 aliphatic rings. The molecule has 2 saturated heterocycles. The molecular weight excluding hydrogens is 312 g/mol. The van der Waals surface area contributed by atoms with Crippen molar-refractivity contribution >= 4 is 0 Å². The lowest BCUT2D eigenvalue weighted by Gasteiger charge is -2.44. The average molecular weight is 344 g/mol. The molecule has 1 aliphatic carbocycles. The fraction of sp³-hybridized carbons (Fsp3) is 0.762. The van der Waals surface area contributed by atoms with Gasteiger partial charge in [-0.15, -0.1) is 0 Å². The lowest BCUT2D eigenvalue weighted by molar-refractivity contribution is -0.0749. The predicted octanol–water partition coefficient (Wildman–Crippen LogP) is 3.66. The Labute approximate surface area is 151 Å². The number of hydrogen-bond acceptors (Lipinski definition) is 4. The molecule has 0 unspecified atom stereocenters. The molecule has 4 heteroatoms. The Kier molecular flexibility index (Phi) is 5.69. The molecular formula is C21H32N2O2. The van der Waals surface area contributed by atoms with E-state index >= 15 is 0 Å². The Balaban J connectivity index is 1.20. The van der Waals surface area contributed by atoms with E-state index in [1.807, 2.05) is 24.5 Å². The number of piperidine rings is 1. The zero-order chi connectivity index (χ0) is 17.0. The maximum atomic E-state index is 6.31. The van der Waals surface area contributed by atoms with E-state index in [-0.39, 0.29) is 5.60 Å². The highest BCUT2D eigenvalue weighted by molar-refractivity contribution is 5.07. The lowest BCUT2D eigenvalue weighted by atomic mass is 9.77. The third kappa shape index (κ3) is 4.24. The number of pyridine rings is 1. The van der Waals surface area contributed by atoms with Gasteiger partial charge in [-0.25, -0.2) is 0 Å². The predicted molar refractivity (Wildman–Crippen MR) is 98.3 cm³/mol. The molecule has 138 valence electrons. The van der Waals surface area contributed by atoms with Gasteiger partial charge < -0.3 is 14.4 Å². The highest BCUT2D eigenvalue weighted by atomic mass is 16.5. The zero-order valence-electron chi connectivity index (χ0n) is 15.4. The third-order valence-electron chi connectivity index (χ3n) is 6.67. The number of hydrogen-bond donors (Lipinski definition) is 0. The van der Waals surface area contributed by atoms with Crippen LogP contribution in [0.4, 0.5) is 0 Å². The number of rotatable bonds is 7. The molecule has 0 N–H and O–H groups in total. The summed E-state index contributed by atoms with van der Waals surface area (Å²) in [5.41, 5.74) is 1.35. The second kappa shape index (κ2) is 8.15. The normalized spacial score (nSPS) is 26.8. The summed E-state index contributed by atoms with van der Waals surface area (Å²) in [5, 5.41) is 0. The summed E-state index contributed by atoms with van der Waals surface area (Å²) in [6.45, 7) is 6.26. The molecule has 0 amide bonds. The molecule has 1 aromatic rings. The van der Waals surface area contributed by atoms with Gasteiger partial charge in [0.25, 0.3) is 0 Å². The molecule has 1 atom stereocenters. The van der Waals surface area contributed by atoms with Crippen LogP contribution in [0.2, 0.25) is 0 Å². The molecule has 1 saturated carbocycles. The SMILES string of the molecule is c1cc(COCC[C@@H]2CCOC23CCN(CC2CCC2)CC3)ccn1. The highest BCUT2D eigenvalue weighted by Gasteiger charge is 2.45. The number of likely N-dealkylation sites (tertiary alicyclic amines) is 1. The molecule has 1 spiro atoms. The topological polar surface area (TPSA) is 34.6 Å². The Morgan fingerprint density at radius 3 is 2.68 bits per heavy atom. The molecule has 0 aromatic carbocycles. The van der Waals surface area contributed by atoms with Crippen LogP contribution in [-0.4, -0.2) is 48.3 Å². The van der Waals surface area contributed by atoms with Gasteiger partial charge in [-0.05, 0) is 68.1 Å². The van der Waals surface area contributed by atoms with Crippen LogP contribution in [-0.2, 0) is 16.1 Å². The smallest absolute Gasteiger partial charge is 0.0736 e. The van der Waals surface area contributed by atoms with Gasteiger partial charge in [0.1, 0.15) is 0 Å². The quantitative estimate of drug-likeness (QED) is 0.707. The molecule has 0 bridgehead atoms. The summed E-state index contributed by atoms with van der Waals surface area (Å²) in [7, 11) is 0. The van der Waals surface area contributed by atoms with Crippen molar-refractivity contribution in [3.8, 4) is 0 Å². The maximum Gasteiger partial charge on any atom is 0.0736 e. The second-order valence-corrected chi connectivity index (χ2v) is 8.19. The van der Waals surface area contributed by atoms with E-state index in [0.29, 0.717) is 12.5 Å². The summed E-state index contributed by atoms with van der Waals surface area (Å²) in [4.78, 5) is 6.74. The molecule has 25 heavy (non-hydrogen) atoms. The Bertz CT molecular complexity index is 524. The van der Waals surface area contributed by atoms with Crippen molar-refractivity contribution in [3.63, 3.8) is 0 Å². The molecule has 4 rings (SSSR count). The fourth-order valence-electron chi connectivity index (χ4n) is 4.79. The standard InChI is InChI=1S/C21H32N2O2/c1-2-18(3-1)16-23-12-8-21(9-13-23)20(7-15-25-21)6-14-24-17-19-4-10-22-11-5-19/h4-5,10-11,18,20H,1-3,6-9,12-17H2/t20-/m1/s1. The van der Waals surface area contributed by atoms with E-state index < -0.39 is 0 Å². The first-order chi connectivity index (χ1) is 12.3. The molecule has 3 fully saturated rings. The Morgan fingerprint density at radius 1 is 1.16 bits per heavy atom. The van der Waals surface area contributed by atoms with Gasteiger partial charge in [0, 0.05) is 45.2 Å². The molecule has 4 nitrogen and oxygen atoms in total. The van der Waals surface area contributed by atoms with Crippen LogP contribution in [0.3, 0.4) is 0 Å². The van der Waals surface area contributed by atoms with Crippen molar-refractivity contribution in [2.24, 2.45) is 11.8 Å². The third-order valence-corrected chi connectivity index (χ3v) is 6.67. The van der Waals surface area contributed by atoms with E-state index in [1.54, 1.807) is 0 Å². The maximum absolute atomic E-state index is 6.31. The van der Waals surface area contributed by atoms with E-state index in [4.69, 9.17) is 9.47 Å². The van der Waals surface area contributed by atoms with Crippen LogP contribution in [0.15, 0.2) is 24.5 Å². The van der Waals surface area contributed by atoms with Gasteiger partial charge in [0.2, 0.25) is 0 Å². The van der Waals surface area contributed by atoms with Crippen LogP contribution >= 0.6 is 0 Å². The average Bonchev–Trinajstić information content (AvgIpc) is 3.00. The van der Waals surface area contributed by atoms with Crippen molar-refractivity contribution in [2.45, 2.75) is 57.2 Å². The summed E-state index contributed by atoms with van der Waals surface area (Å²) < 4.78 is 12.2. The lowest BCUT2D eigenvalue weighted by Crippen LogP contribution is -2.49. The fourth-order valence-corrected chi connectivity index (χ4v) is 4.79. The van der Waals surface area contributed by atoms with Gasteiger partial charge in [-0.1, -0.05) is 6.42 Å². The largest absolute Gasteiger partial charge is 0.377 e. The molecule has 0 radical (unpaired) electrons. The van der Waals surface area contributed by atoms with Gasteiger partial charge in [0.05, 0.1) is 12.2 Å². The van der Waals surface area contributed by atoms with Gasteiger partial charge in [-0.2, -0.15) is 0 Å². The van der Waals surface area contributed by atoms with Crippen molar-refractivity contribution in [2.75, 3.05) is 32.8 Å².